The fraction of sp³-hybridized carbons (Fsp3) is 0.231. The number of nitrogens with one attached hydrogen (secondary N) is 1. The molecule has 0 spiro atoms. The first-order valence-corrected chi connectivity index (χ1v) is 5.90. The Labute approximate surface area is 128 Å². The minimum absolute atomic E-state index is 0.313. The van der Waals surface area contributed by atoms with Gasteiger partial charge >= 0.3 is 18.3 Å². The zero-order valence-electron chi connectivity index (χ0n) is 11.9. The van der Waals surface area contributed by atoms with Crippen molar-refractivity contribution in [1.29, 1.82) is 0 Å². The van der Waals surface area contributed by atoms with Crippen molar-refractivity contribution in [3.8, 4) is 11.5 Å². The van der Waals surface area contributed by atoms with Gasteiger partial charge in [0.05, 0.1) is 26.0 Å². The highest BCUT2D eigenvalue weighted by Crippen LogP contribution is 2.32. The van der Waals surface area contributed by atoms with E-state index in [1.165, 1.54) is 0 Å². The van der Waals surface area contributed by atoms with Crippen LogP contribution in [0.5, 0.6) is 11.5 Å². The number of aromatic hydroxyl groups is 1. The number of carbonyl (C=O) groups is 2. The highest BCUT2D eigenvalue weighted by atomic mass is 19.4. The number of hydrogen-bond acceptors (Lipinski definition) is 7. The maximum Gasteiger partial charge on any atom is 0.573 e. The first-order chi connectivity index (χ1) is 10.7. The van der Waals surface area contributed by atoms with Crippen molar-refractivity contribution < 1.29 is 42.1 Å². The number of alkyl halides is 3. The number of anilines is 1. The number of halogens is 3. The van der Waals surface area contributed by atoms with Gasteiger partial charge in [-0.05, 0) is 12.1 Å². The van der Waals surface area contributed by atoms with E-state index in [2.05, 4.69) is 19.5 Å². The molecule has 2 N–H and O–H groups in total. The average molecular weight is 335 g/mol. The number of phenols is 1. The number of ether oxygens (including phenoxy) is 3. The number of esters is 2. The maximum atomic E-state index is 12.2. The molecule has 0 amide bonds. The third-order valence-electron chi connectivity index (χ3n) is 2.34. The van der Waals surface area contributed by atoms with E-state index < -0.39 is 35.5 Å². The molecule has 0 saturated carbocycles. The lowest BCUT2D eigenvalue weighted by molar-refractivity contribution is -0.274. The highest BCUT2D eigenvalue weighted by Gasteiger charge is 2.31. The van der Waals surface area contributed by atoms with Crippen LogP contribution in [0.4, 0.5) is 18.9 Å². The van der Waals surface area contributed by atoms with E-state index in [9.17, 15) is 27.9 Å². The van der Waals surface area contributed by atoms with Gasteiger partial charge in [0.15, 0.2) is 0 Å². The van der Waals surface area contributed by atoms with Crippen molar-refractivity contribution in [1.82, 2.24) is 0 Å². The Kier molecular flexibility index (Phi) is 5.82. The molecule has 126 valence electrons. The fourth-order valence-corrected chi connectivity index (χ4v) is 1.39. The summed E-state index contributed by atoms with van der Waals surface area (Å²) in [5.41, 5.74) is -0.772. The van der Waals surface area contributed by atoms with Gasteiger partial charge in [-0.1, -0.05) is 0 Å². The SMILES string of the molecule is COC(=O)/C=C(/Nc1cc(OC(F)(F)F)ccc1O)C(=O)OC. The Morgan fingerprint density at radius 3 is 2.39 bits per heavy atom. The second-order valence-electron chi connectivity index (χ2n) is 3.92. The fourth-order valence-electron chi connectivity index (χ4n) is 1.39. The quantitative estimate of drug-likeness (QED) is 0.482. The number of methoxy groups -OCH3 is 2. The molecule has 0 unspecified atom stereocenters. The molecule has 0 aliphatic carbocycles. The van der Waals surface area contributed by atoms with Crippen LogP contribution in [-0.2, 0) is 19.1 Å². The van der Waals surface area contributed by atoms with E-state index in [4.69, 9.17) is 0 Å². The number of phenolic OH excluding ortho intramolecular Hbond substituents is 1. The third-order valence-corrected chi connectivity index (χ3v) is 2.34. The van der Waals surface area contributed by atoms with E-state index in [1.807, 2.05) is 0 Å². The molecule has 0 saturated heterocycles. The van der Waals surface area contributed by atoms with Crippen molar-refractivity contribution in [3.05, 3.63) is 30.0 Å². The first-order valence-electron chi connectivity index (χ1n) is 5.90. The van der Waals surface area contributed by atoms with Crippen molar-refractivity contribution in [3.63, 3.8) is 0 Å². The summed E-state index contributed by atoms with van der Waals surface area (Å²) >= 11 is 0. The lowest BCUT2D eigenvalue weighted by Crippen LogP contribution is -2.18. The molecule has 10 heteroatoms. The van der Waals surface area contributed by atoms with Gasteiger partial charge in [0.25, 0.3) is 0 Å². The molecule has 1 aromatic carbocycles. The van der Waals surface area contributed by atoms with E-state index >= 15 is 0 Å². The Morgan fingerprint density at radius 1 is 1.22 bits per heavy atom. The van der Waals surface area contributed by atoms with Gasteiger partial charge in [-0.2, -0.15) is 0 Å². The Balaban J connectivity index is 3.13. The van der Waals surface area contributed by atoms with Gasteiger partial charge in [0, 0.05) is 6.07 Å². The molecular formula is C13H12F3NO6. The van der Waals surface area contributed by atoms with Crippen LogP contribution in [0, 0.1) is 0 Å². The molecule has 0 radical (unpaired) electrons. The van der Waals surface area contributed by atoms with Gasteiger partial charge in [-0.15, -0.1) is 13.2 Å². The molecular weight excluding hydrogens is 323 g/mol. The summed E-state index contributed by atoms with van der Waals surface area (Å²) in [7, 11) is 2.08. The van der Waals surface area contributed by atoms with Gasteiger partial charge in [-0.3, -0.25) is 0 Å². The molecule has 1 aromatic rings. The second-order valence-corrected chi connectivity index (χ2v) is 3.92. The van der Waals surface area contributed by atoms with Crippen molar-refractivity contribution in [2.24, 2.45) is 0 Å². The van der Waals surface area contributed by atoms with Crippen LogP contribution in [0.2, 0.25) is 0 Å². The first kappa shape index (κ1) is 18.1. The summed E-state index contributed by atoms with van der Waals surface area (Å²) < 4.78 is 49.0. The Morgan fingerprint density at radius 2 is 1.87 bits per heavy atom. The molecule has 0 aliphatic rings. The zero-order chi connectivity index (χ0) is 17.6. The van der Waals surface area contributed by atoms with E-state index in [-0.39, 0.29) is 5.69 Å². The lowest BCUT2D eigenvalue weighted by atomic mass is 10.2. The number of benzene rings is 1. The third kappa shape index (κ3) is 5.77. The predicted molar refractivity (Wildman–Crippen MR) is 70.5 cm³/mol. The van der Waals surface area contributed by atoms with Gasteiger partial charge in [0.2, 0.25) is 0 Å². The predicted octanol–water partition coefficient (Wildman–Crippen LogP) is 1.93. The van der Waals surface area contributed by atoms with Crippen molar-refractivity contribution in [2.45, 2.75) is 6.36 Å². The summed E-state index contributed by atoms with van der Waals surface area (Å²) in [4.78, 5) is 22.7. The van der Waals surface area contributed by atoms with Gasteiger partial charge in [-0.25, -0.2) is 9.59 Å². The summed E-state index contributed by atoms with van der Waals surface area (Å²) in [5.74, 6) is -3.05. The minimum atomic E-state index is -4.93. The standard InChI is InChI=1S/C13H12F3NO6/c1-21-11(19)6-9(12(20)22-2)17-8-5-7(3-4-10(8)18)23-13(14,15)16/h3-6,17-18H,1-2H3/b9-6+. The van der Waals surface area contributed by atoms with Crippen LogP contribution in [-0.4, -0.2) is 37.6 Å². The van der Waals surface area contributed by atoms with Gasteiger partial charge in [0.1, 0.15) is 17.2 Å². The minimum Gasteiger partial charge on any atom is -0.506 e. The van der Waals surface area contributed by atoms with Crippen LogP contribution >= 0.6 is 0 Å². The molecule has 7 nitrogen and oxygen atoms in total. The maximum absolute atomic E-state index is 12.2. The van der Waals surface area contributed by atoms with Crippen molar-refractivity contribution in [2.75, 3.05) is 19.5 Å². The molecule has 0 aliphatic heterocycles. The molecule has 0 bridgehead atoms. The van der Waals surface area contributed by atoms with E-state index in [1.54, 1.807) is 0 Å². The van der Waals surface area contributed by atoms with Crippen LogP contribution in [0.15, 0.2) is 30.0 Å². The molecule has 23 heavy (non-hydrogen) atoms. The highest BCUT2D eigenvalue weighted by molar-refractivity contribution is 5.99. The Bertz CT molecular complexity index is 627. The number of carbonyl (C=O) groups excluding carboxylic acids is 2. The molecule has 1 rings (SSSR count). The summed E-state index contributed by atoms with van der Waals surface area (Å²) in [6.07, 6.45) is -4.22. The largest absolute Gasteiger partial charge is 0.573 e. The number of hydrogen-bond donors (Lipinski definition) is 2. The molecule has 0 fully saturated rings. The summed E-state index contributed by atoms with van der Waals surface area (Å²) in [6.45, 7) is 0. The normalized spacial score (nSPS) is 11.6. The number of rotatable bonds is 5. The van der Waals surface area contributed by atoms with Gasteiger partial charge < -0.3 is 24.6 Å². The molecule has 0 aromatic heterocycles. The zero-order valence-corrected chi connectivity index (χ0v) is 11.9. The topological polar surface area (TPSA) is 94.1 Å². The molecule has 0 atom stereocenters. The summed E-state index contributed by atoms with van der Waals surface area (Å²) in [5, 5.41) is 11.9. The monoisotopic (exact) mass is 335 g/mol. The second kappa shape index (κ2) is 7.38. The summed E-state index contributed by atoms with van der Waals surface area (Å²) in [6, 6.07) is 2.57. The van der Waals surface area contributed by atoms with Crippen LogP contribution in [0.25, 0.3) is 0 Å². The Hall–Kier alpha value is -2.91. The van der Waals surface area contributed by atoms with E-state index in [0.29, 0.717) is 6.08 Å². The smallest absolute Gasteiger partial charge is 0.506 e. The van der Waals surface area contributed by atoms with E-state index in [0.717, 1.165) is 32.4 Å². The van der Waals surface area contributed by atoms with Crippen LogP contribution in [0.3, 0.4) is 0 Å². The van der Waals surface area contributed by atoms with Crippen LogP contribution in [0.1, 0.15) is 0 Å². The average Bonchev–Trinajstić information content (AvgIpc) is 2.47. The lowest BCUT2D eigenvalue weighted by Gasteiger charge is -2.13. The van der Waals surface area contributed by atoms with Crippen molar-refractivity contribution >= 4 is 17.6 Å². The van der Waals surface area contributed by atoms with Crippen LogP contribution < -0.4 is 10.1 Å². The molecule has 0 heterocycles.